The van der Waals surface area contributed by atoms with E-state index in [9.17, 15) is 24.6 Å². The molecule has 0 bridgehead atoms. The van der Waals surface area contributed by atoms with Crippen molar-refractivity contribution in [3.8, 4) is 11.1 Å². The Morgan fingerprint density at radius 3 is 2.40 bits per heavy atom. The van der Waals surface area contributed by atoms with Gasteiger partial charge in [-0.1, -0.05) is 53.7 Å². The van der Waals surface area contributed by atoms with E-state index >= 15 is 0 Å². The number of alkyl carbamates (subject to hydrolysis) is 1. The topological polar surface area (TPSA) is 142 Å². The lowest BCUT2D eigenvalue weighted by atomic mass is 9.98. The molecule has 2 atom stereocenters. The Morgan fingerprint density at radius 1 is 1.09 bits per heavy atom. The number of hydrogen-bond acceptors (Lipinski definition) is 7. The van der Waals surface area contributed by atoms with Gasteiger partial charge in [0.25, 0.3) is 5.91 Å². The maximum absolute atomic E-state index is 12.6. The second-order valence-corrected chi connectivity index (χ2v) is 8.56. The number of benzene rings is 2. The normalized spacial score (nSPS) is 18.7. The monoisotopic (exact) mass is 477 g/mol. The molecular weight excluding hydrogens is 454 g/mol. The summed E-state index contributed by atoms with van der Waals surface area (Å²) in [6.45, 7) is -0.00814. The summed E-state index contributed by atoms with van der Waals surface area (Å²) in [6.07, 6.45) is -1.61. The second kappa shape index (κ2) is 9.22. The van der Waals surface area contributed by atoms with Gasteiger partial charge in [0.15, 0.2) is 11.5 Å². The number of rotatable bonds is 6. The molecule has 0 saturated carbocycles. The number of ether oxygens (including phenoxy) is 1. The summed E-state index contributed by atoms with van der Waals surface area (Å²) in [5.41, 5.74) is 4.37. The minimum atomic E-state index is -1.20. The number of nitrogens with zero attached hydrogens (tertiary/aromatic N) is 2. The Morgan fingerprint density at radius 2 is 1.74 bits per heavy atom. The predicted octanol–water partition coefficient (Wildman–Crippen LogP) is 2.37. The SMILES string of the molecule is O=C(NCc1cc(C(=O)N2C[C@@H](O)C[C@H]2C(=O)O)no1)OCC1c2ccccc2-c2ccccc21. The molecule has 3 aromatic rings. The van der Waals surface area contributed by atoms with Gasteiger partial charge < -0.3 is 29.7 Å². The van der Waals surface area contributed by atoms with Gasteiger partial charge in [-0.25, -0.2) is 9.59 Å². The lowest BCUT2D eigenvalue weighted by Gasteiger charge is -2.19. The molecule has 1 saturated heterocycles. The van der Waals surface area contributed by atoms with Crippen molar-refractivity contribution in [3.63, 3.8) is 0 Å². The van der Waals surface area contributed by atoms with Gasteiger partial charge in [0, 0.05) is 24.9 Å². The molecule has 0 spiro atoms. The van der Waals surface area contributed by atoms with Crippen molar-refractivity contribution in [1.29, 1.82) is 0 Å². The van der Waals surface area contributed by atoms with Crippen LogP contribution in [0.4, 0.5) is 4.79 Å². The van der Waals surface area contributed by atoms with E-state index in [1.165, 1.54) is 6.07 Å². The Bertz CT molecular complexity index is 1240. The van der Waals surface area contributed by atoms with Crippen LogP contribution in [0.3, 0.4) is 0 Å². The summed E-state index contributed by atoms with van der Waals surface area (Å²) in [7, 11) is 0. The molecule has 10 heteroatoms. The lowest BCUT2D eigenvalue weighted by molar-refractivity contribution is -0.141. The highest BCUT2D eigenvalue weighted by molar-refractivity contribution is 5.95. The van der Waals surface area contributed by atoms with Gasteiger partial charge in [0.2, 0.25) is 0 Å². The largest absolute Gasteiger partial charge is 0.480 e. The van der Waals surface area contributed by atoms with Crippen molar-refractivity contribution in [1.82, 2.24) is 15.4 Å². The number of carbonyl (C=O) groups excluding carboxylic acids is 2. The summed E-state index contributed by atoms with van der Waals surface area (Å²) in [6, 6.07) is 16.3. The van der Waals surface area contributed by atoms with Crippen LogP contribution in [0.15, 0.2) is 59.1 Å². The van der Waals surface area contributed by atoms with Crippen molar-refractivity contribution in [3.05, 3.63) is 77.2 Å². The molecule has 0 unspecified atom stereocenters. The highest BCUT2D eigenvalue weighted by Crippen LogP contribution is 2.44. The lowest BCUT2D eigenvalue weighted by Crippen LogP contribution is -2.40. The number of likely N-dealkylation sites (tertiary alicyclic amines) is 1. The minimum absolute atomic E-state index is 0.0465. The van der Waals surface area contributed by atoms with Crippen LogP contribution >= 0.6 is 0 Å². The number of aliphatic carboxylic acids is 1. The van der Waals surface area contributed by atoms with E-state index in [-0.39, 0.29) is 43.5 Å². The first-order valence-electron chi connectivity index (χ1n) is 11.2. The number of β-amino-alcohol motifs (C(OH)–C–C–N with tert-alkyl or cyclic N) is 1. The smallest absolute Gasteiger partial charge is 0.407 e. The maximum atomic E-state index is 12.6. The van der Waals surface area contributed by atoms with Gasteiger partial charge in [0.1, 0.15) is 12.6 Å². The molecule has 3 N–H and O–H groups in total. The number of hydrogen-bond donors (Lipinski definition) is 3. The molecule has 5 rings (SSSR count). The summed E-state index contributed by atoms with van der Waals surface area (Å²) in [5, 5.41) is 25.3. The van der Waals surface area contributed by atoms with Crippen LogP contribution in [0.1, 0.15) is 39.7 Å². The van der Waals surface area contributed by atoms with Crippen molar-refractivity contribution < 1.29 is 33.9 Å². The number of aromatic nitrogens is 1. The third-order valence-electron chi connectivity index (χ3n) is 6.35. The van der Waals surface area contributed by atoms with Crippen LogP contribution < -0.4 is 5.32 Å². The summed E-state index contributed by atoms with van der Waals surface area (Å²) < 4.78 is 10.6. The highest BCUT2D eigenvalue weighted by atomic mass is 16.5. The molecule has 1 aliphatic carbocycles. The van der Waals surface area contributed by atoms with E-state index in [1.54, 1.807) is 0 Å². The zero-order valence-electron chi connectivity index (χ0n) is 18.6. The molecule has 2 aromatic carbocycles. The van der Waals surface area contributed by atoms with Crippen molar-refractivity contribution in [2.75, 3.05) is 13.2 Å². The maximum Gasteiger partial charge on any atom is 0.407 e. The van der Waals surface area contributed by atoms with Gasteiger partial charge >= 0.3 is 12.1 Å². The van der Waals surface area contributed by atoms with Crippen LogP contribution in [-0.4, -0.2) is 63.5 Å². The fraction of sp³-hybridized carbons (Fsp3) is 0.280. The average molecular weight is 477 g/mol. The second-order valence-electron chi connectivity index (χ2n) is 8.56. The minimum Gasteiger partial charge on any atom is -0.480 e. The Balaban J connectivity index is 1.17. The molecule has 35 heavy (non-hydrogen) atoms. The molecule has 2 heterocycles. The van der Waals surface area contributed by atoms with E-state index in [0.717, 1.165) is 27.2 Å². The summed E-state index contributed by atoms with van der Waals surface area (Å²) >= 11 is 0. The Labute approximate surface area is 200 Å². The van der Waals surface area contributed by atoms with Gasteiger partial charge in [-0.15, -0.1) is 0 Å². The number of carboxylic acid groups (broad SMARTS) is 1. The number of fused-ring (bicyclic) bond motifs is 3. The molecule has 2 amide bonds. The molecule has 1 aromatic heterocycles. The zero-order valence-corrected chi connectivity index (χ0v) is 18.6. The van der Waals surface area contributed by atoms with E-state index in [1.807, 2.05) is 36.4 Å². The number of aliphatic hydroxyl groups is 1. The van der Waals surface area contributed by atoms with Crippen molar-refractivity contribution in [2.45, 2.75) is 31.0 Å². The number of nitrogens with one attached hydrogen (secondary N) is 1. The highest BCUT2D eigenvalue weighted by Gasteiger charge is 2.40. The number of aliphatic hydroxyl groups excluding tert-OH is 1. The fourth-order valence-corrected chi connectivity index (χ4v) is 4.73. The number of carboxylic acids is 1. The molecule has 1 aliphatic heterocycles. The third kappa shape index (κ3) is 4.35. The van der Waals surface area contributed by atoms with Gasteiger partial charge in [-0.3, -0.25) is 4.79 Å². The number of carbonyl (C=O) groups is 3. The molecule has 10 nitrogen and oxygen atoms in total. The first kappa shape index (κ1) is 22.6. The first-order chi connectivity index (χ1) is 16.9. The quantitative estimate of drug-likeness (QED) is 0.491. The van der Waals surface area contributed by atoms with Gasteiger partial charge in [-0.05, 0) is 22.3 Å². The molecule has 1 fully saturated rings. The molecule has 2 aliphatic rings. The molecular formula is C25H23N3O7. The van der Waals surface area contributed by atoms with Crippen LogP contribution in [0, 0.1) is 0 Å². The summed E-state index contributed by atoms with van der Waals surface area (Å²) in [4.78, 5) is 37.4. The van der Waals surface area contributed by atoms with E-state index in [0.29, 0.717) is 0 Å². The standard InChI is InChI=1S/C25H23N3O7/c29-14-9-22(24(31)32)28(12-14)23(30)21-10-15(35-27-21)11-26-25(33)34-13-20-18-7-3-1-5-16(18)17-6-2-4-8-19(17)20/h1-8,10,14,20,22,29H,9,11-13H2,(H,26,33)(H,31,32)/t14-,22-/m0/s1. The Hall–Kier alpha value is -4.18. The fourth-order valence-electron chi connectivity index (χ4n) is 4.73. The Kier molecular flexibility index (Phi) is 5.96. The van der Waals surface area contributed by atoms with Crippen LogP contribution in [0.2, 0.25) is 0 Å². The third-order valence-corrected chi connectivity index (χ3v) is 6.35. The summed E-state index contributed by atoms with van der Waals surface area (Å²) in [5.74, 6) is -1.73. The van der Waals surface area contributed by atoms with Crippen molar-refractivity contribution in [2.24, 2.45) is 0 Å². The van der Waals surface area contributed by atoms with Gasteiger partial charge in [0.05, 0.1) is 12.6 Å². The average Bonchev–Trinajstić information content (AvgIpc) is 3.57. The predicted molar refractivity (Wildman–Crippen MR) is 121 cm³/mol. The number of amides is 2. The molecule has 0 radical (unpaired) electrons. The molecule has 180 valence electrons. The van der Waals surface area contributed by atoms with Crippen LogP contribution in [0.5, 0.6) is 0 Å². The van der Waals surface area contributed by atoms with Crippen LogP contribution in [0.25, 0.3) is 11.1 Å². The van der Waals surface area contributed by atoms with E-state index in [4.69, 9.17) is 9.26 Å². The van der Waals surface area contributed by atoms with Gasteiger partial charge in [-0.2, -0.15) is 0 Å². The van der Waals surface area contributed by atoms with Crippen molar-refractivity contribution >= 4 is 18.0 Å². The zero-order chi connectivity index (χ0) is 24.5. The van der Waals surface area contributed by atoms with E-state index in [2.05, 4.69) is 22.6 Å². The van der Waals surface area contributed by atoms with Crippen LogP contribution in [-0.2, 0) is 16.1 Å². The first-order valence-corrected chi connectivity index (χ1v) is 11.2. The van der Waals surface area contributed by atoms with E-state index < -0.39 is 30.1 Å².